The van der Waals surface area contributed by atoms with E-state index in [1.54, 1.807) is 24.3 Å². The second kappa shape index (κ2) is 8.42. The van der Waals surface area contributed by atoms with Crippen molar-refractivity contribution in [2.75, 3.05) is 4.72 Å². The molecule has 1 aromatic heterocycles. The Labute approximate surface area is 176 Å². The summed E-state index contributed by atoms with van der Waals surface area (Å²) in [7, 11) is -4.23. The van der Waals surface area contributed by atoms with Gasteiger partial charge >= 0.3 is 6.18 Å². The Hall–Kier alpha value is -3.34. The first-order valence-corrected chi connectivity index (χ1v) is 10.5. The smallest absolute Gasteiger partial charge is 0.348 e. The molecule has 0 fully saturated rings. The van der Waals surface area contributed by atoms with Crippen molar-refractivity contribution in [2.24, 2.45) is 0 Å². The van der Waals surface area contributed by atoms with E-state index in [0.717, 1.165) is 11.6 Å². The lowest BCUT2D eigenvalue weighted by molar-refractivity contribution is -0.138. The Bertz CT molecular complexity index is 1200. The van der Waals surface area contributed by atoms with Crippen molar-refractivity contribution >= 4 is 21.6 Å². The minimum atomic E-state index is -4.58. The number of aromatic nitrogens is 2. The van der Waals surface area contributed by atoms with Crippen LogP contribution in [0.15, 0.2) is 53.6 Å². The molecule has 0 bridgehead atoms. The Kier molecular flexibility index (Phi) is 6.07. The van der Waals surface area contributed by atoms with Crippen LogP contribution in [0.5, 0.6) is 0 Å². The monoisotopic (exact) mass is 452 g/mol. The summed E-state index contributed by atoms with van der Waals surface area (Å²) in [6, 6.07) is 11.3. The van der Waals surface area contributed by atoms with Gasteiger partial charge in [-0.1, -0.05) is 35.9 Å². The molecule has 11 heteroatoms. The third kappa shape index (κ3) is 5.05. The molecule has 0 radical (unpaired) electrons. The van der Waals surface area contributed by atoms with E-state index in [1.807, 2.05) is 6.92 Å². The number of amides is 1. The molecule has 0 spiro atoms. The predicted molar refractivity (Wildman–Crippen MR) is 108 cm³/mol. The summed E-state index contributed by atoms with van der Waals surface area (Å²) >= 11 is 0. The van der Waals surface area contributed by atoms with E-state index in [9.17, 15) is 26.4 Å². The van der Waals surface area contributed by atoms with E-state index in [4.69, 9.17) is 0 Å². The van der Waals surface area contributed by atoms with Gasteiger partial charge < -0.3 is 5.32 Å². The number of aryl methyl sites for hydroxylation is 2. The first-order valence-electron chi connectivity index (χ1n) is 9.07. The summed E-state index contributed by atoms with van der Waals surface area (Å²) in [4.78, 5) is 12.7. The molecule has 3 aromatic rings. The number of halogens is 3. The number of sulfonamides is 1. The molecule has 0 saturated heterocycles. The average Bonchev–Trinajstić information content (AvgIpc) is 3.10. The van der Waals surface area contributed by atoms with Crippen LogP contribution in [0.4, 0.5) is 18.9 Å². The molecule has 0 aliphatic rings. The number of alkyl halides is 3. The van der Waals surface area contributed by atoms with Crippen LogP contribution in [0.1, 0.15) is 32.7 Å². The van der Waals surface area contributed by atoms with Crippen LogP contribution in [0.3, 0.4) is 0 Å². The second-order valence-electron chi connectivity index (χ2n) is 6.84. The summed E-state index contributed by atoms with van der Waals surface area (Å²) in [5, 5.41) is 7.96. The molecule has 0 aliphatic heterocycles. The van der Waals surface area contributed by atoms with E-state index in [1.165, 1.54) is 25.1 Å². The fourth-order valence-corrected chi connectivity index (χ4v) is 4.13. The Morgan fingerprint density at radius 3 is 2.35 bits per heavy atom. The molecule has 3 rings (SSSR count). The zero-order valence-electron chi connectivity index (χ0n) is 16.5. The van der Waals surface area contributed by atoms with E-state index in [0.29, 0.717) is 0 Å². The molecule has 0 unspecified atom stereocenters. The van der Waals surface area contributed by atoms with Crippen molar-refractivity contribution in [1.82, 2.24) is 15.5 Å². The number of aromatic amines is 1. The summed E-state index contributed by atoms with van der Waals surface area (Å²) in [6.07, 6.45) is -4.58. The Morgan fingerprint density at radius 2 is 1.71 bits per heavy atom. The van der Waals surface area contributed by atoms with Gasteiger partial charge in [-0.2, -0.15) is 26.7 Å². The van der Waals surface area contributed by atoms with E-state index >= 15 is 0 Å². The van der Waals surface area contributed by atoms with Crippen LogP contribution < -0.4 is 10.0 Å². The van der Waals surface area contributed by atoms with Gasteiger partial charge in [-0.05, 0) is 37.6 Å². The van der Waals surface area contributed by atoms with Gasteiger partial charge in [0.1, 0.15) is 5.56 Å². The number of carbonyl (C=O) groups is 1. The molecule has 1 heterocycles. The van der Waals surface area contributed by atoms with Crippen molar-refractivity contribution in [3.8, 4) is 0 Å². The van der Waals surface area contributed by atoms with Crippen LogP contribution in [0.2, 0.25) is 0 Å². The van der Waals surface area contributed by atoms with E-state index < -0.39 is 39.2 Å². The first-order chi connectivity index (χ1) is 14.5. The number of benzene rings is 2. The molecule has 0 aliphatic carbocycles. The van der Waals surface area contributed by atoms with Gasteiger partial charge in [-0.3, -0.25) is 14.6 Å². The van der Waals surface area contributed by atoms with E-state index in [-0.39, 0.29) is 22.5 Å². The predicted octanol–water partition coefficient (Wildman–Crippen LogP) is 3.78. The second-order valence-corrected chi connectivity index (χ2v) is 8.44. The number of rotatable bonds is 6. The van der Waals surface area contributed by atoms with Gasteiger partial charge in [0.25, 0.3) is 15.9 Å². The molecule has 3 N–H and O–H groups in total. The highest BCUT2D eigenvalue weighted by Gasteiger charge is 2.33. The molecule has 0 atom stereocenters. The van der Waals surface area contributed by atoms with Crippen molar-refractivity contribution in [1.29, 1.82) is 0 Å². The normalized spacial score (nSPS) is 11.9. The maximum absolute atomic E-state index is 13.1. The quantitative estimate of drug-likeness (QED) is 0.530. The standard InChI is InChI=1S/C20H19F3N4O3S/c1-12-7-9-15(10-8-12)27-31(29,30)19-17(13(2)25-26-19)18(28)24-11-14-5-3-4-6-16(14)20(21,22)23/h3-10,27H,11H2,1-2H3,(H,24,28)(H,25,26). The number of hydrogen-bond donors (Lipinski definition) is 3. The molecule has 164 valence electrons. The summed E-state index contributed by atoms with van der Waals surface area (Å²) in [5.41, 5.74) is 0.0595. The maximum Gasteiger partial charge on any atom is 0.416 e. The molecule has 2 aromatic carbocycles. The van der Waals surface area contributed by atoms with Crippen LogP contribution in [-0.4, -0.2) is 24.5 Å². The fraction of sp³-hybridized carbons (Fsp3) is 0.200. The van der Waals surface area contributed by atoms with Gasteiger partial charge in [0.05, 0.1) is 5.56 Å². The molecule has 31 heavy (non-hydrogen) atoms. The average molecular weight is 452 g/mol. The van der Waals surface area contributed by atoms with Crippen LogP contribution >= 0.6 is 0 Å². The van der Waals surface area contributed by atoms with Gasteiger partial charge in [-0.25, -0.2) is 0 Å². The summed E-state index contributed by atoms with van der Waals surface area (Å²) < 4.78 is 67.3. The molecule has 1 amide bonds. The lowest BCUT2D eigenvalue weighted by atomic mass is 10.1. The SMILES string of the molecule is Cc1ccc(NS(=O)(=O)c2n[nH]c(C)c2C(=O)NCc2ccccc2C(F)(F)F)cc1. The van der Waals surface area contributed by atoms with Crippen LogP contribution in [0.25, 0.3) is 0 Å². The molecular weight excluding hydrogens is 433 g/mol. The summed E-state index contributed by atoms with van der Waals surface area (Å²) in [5.74, 6) is -0.868. The lowest BCUT2D eigenvalue weighted by Crippen LogP contribution is -2.27. The van der Waals surface area contributed by atoms with Crippen molar-refractivity contribution in [2.45, 2.75) is 31.6 Å². The third-order valence-electron chi connectivity index (χ3n) is 4.46. The lowest BCUT2D eigenvalue weighted by Gasteiger charge is -2.13. The first kappa shape index (κ1) is 22.3. The molecule has 7 nitrogen and oxygen atoms in total. The zero-order valence-corrected chi connectivity index (χ0v) is 17.4. The Morgan fingerprint density at radius 1 is 1.06 bits per heavy atom. The number of H-pyrrole nitrogens is 1. The number of carbonyl (C=O) groups excluding carboxylic acids is 1. The number of nitrogens with zero attached hydrogens (tertiary/aromatic N) is 1. The number of nitrogens with one attached hydrogen (secondary N) is 3. The largest absolute Gasteiger partial charge is 0.416 e. The fourth-order valence-electron chi connectivity index (χ4n) is 2.91. The van der Waals surface area contributed by atoms with Crippen molar-refractivity contribution in [3.63, 3.8) is 0 Å². The maximum atomic E-state index is 13.1. The minimum Gasteiger partial charge on any atom is -0.348 e. The van der Waals surface area contributed by atoms with Gasteiger partial charge in [0, 0.05) is 17.9 Å². The molecule has 0 saturated carbocycles. The van der Waals surface area contributed by atoms with Gasteiger partial charge in [-0.15, -0.1) is 0 Å². The molecular formula is C20H19F3N4O3S. The minimum absolute atomic E-state index is 0.147. The van der Waals surface area contributed by atoms with Crippen LogP contribution in [0, 0.1) is 13.8 Å². The Balaban J connectivity index is 1.84. The highest BCUT2D eigenvalue weighted by Crippen LogP contribution is 2.31. The van der Waals surface area contributed by atoms with E-state index in [2.05, 4.69) is 20.2 Å². The highest BCUT2D eigenvalue weighted by molar-refractivity contribution is 7.92. The topological polar surface area (TPSA) is 104 Å². The zero-order chi connectivity index (χ0) is 22.8. The summed E-state index contributed by atoms with van der Waals surface area (Å²) in [6.45, 7) is 2.84. The third-order valence-corrected chi connectivity index (χ3v) is 5.77. The van der Waals surface area contributed by atoms with Crippen LogP contribution in [-0.2, 0) is 22.7 Å². The van der Waals surface area contributed by atoms with Gasteiger partial charge in [0.15, 0.2) is 0 Å². The number of anilines is 1. The van der Waals surface area contributed by atoms with Crippen molar-refractivity contribution < 1.29 is 26.4 Å². The highest BCUT2D eigenvalue weighted by atomic mass is 32.2. The van der Waals surface area contributed by atoms with Gasteiger partial charge in [0.2, 0.25) is 5.03 Å². The number of hydrogen-bond acceptors (Lipinski definition) is 4. The van der Waals surface area contributed by atoms with Crippen molar-refractivity contribution in [3.05, 3.63) is 76.5 Å².